The molecule has 0 amide bonds. The first-order chi connectivity index (χ1) is 11.5. The molecule has 124 valence electrons. The molecule has 0 saturated heterocycles. The highest BCUT2D eigenvalue weighted by Crippen LogP contribution is 2.18. The van der Waals surface area contributed by atoms with E-state index in [0.29, 0.717) is 19.3 Å². The van der Waals surface area contributed by atoms with Gasteiger partial charge in [-0.15, -0.1) is 0 Å². The van der Waals surface area contributed by atoms with Gasteiger partial charge in [-0.05, 0) is 54.2 Å². The minimum Gasteiger partial charge on any atom is -0.478 e. The Morgan fingerprint density at radius 1 is 0.792 bits per heavy atom. The third-order valence-electron chi connectivity index (χ3n) is 3.88. The lowest BCUT2D eigenvalue weighted by Gasteiger charge is -2.15. The highest BCUT2D eigenvalue weighted by atomic mass is 16.4. The van der Waals surface area contributed by atoms with E-state index in [1.807, 2.05) is 0 Å². The van der Waals surface area contributed by atoms with Gasteiger partial charge in [0, 0.05) is 6.42 Å². The lowest BCUT2D eigenvalue weighted by Crippen LogP contribution is -2.10. The van der Waals surface area contributed by atoms with Gasteiger partial charge in [0.15, 0.2) is 0 Å². The Labute approximate surface area is 139 Å². The van der Waals surface area contributed by atoms with Crippen molar-refractivity contribution in [2.45, 2.75) is 19.3 Å². The summed E-state index contributed by atoms with van der Waals surface area (Å²) in [4.78, 5) is 32.7. The summed E-state index contributed by atoms with van der Waals surface area (Å²) in [7, 11) is 0. The van der Waals surface area contributed by atoms with Gasteiger partial charge in [0.25, 0.3) is 0 Å². The van der Waals surface area contributed by atoms with E-state index in [1.54, 1.807) is 48.5 Å². The average molecular weight is 326 g/mol. The number of benzene rings is 2. The van der Waals surface area contributed by atoms with Crippen molar-refractivity contribution >= 4 is 18.2 Å². The Morgan fingerprint density at radius 3 is 1.46 bits per heavy atom. The smallest absolute Gasteiger partial charge is 0.335 e. The van der Waals surface area contributed by atoms with Gasteiger partial charge in [-0.1, -0.05) is 24.3 Å². The van der Waals surface area contributed by atoms with Crippen molar-refractivity contribution < 1.29 is 24.6 Å². The molecule has 0 radical (unpaired) electrons. The fraction of sp³-hybridized carbons (Fsp3) is 0.211. The summed E-state index contributed by atoms with van der Waals surface area (Å²) < 4.78 is 0. The second kappa shape index (κ2) is 8.06. The average Bonchev–Trinajstić information content (AvgIpc) is 2.56. The summed E-state index contributed by atoms with van der Waals surface area (Å²) >= 11 is 0. The van der Waals surface area contributed by atoms with Gasteiger partial charge < -0.3 is 15.0 Å². The minimum atomic E-state index is -0.968. The third-order valence-corrected chi connectivity index (χ3v) is 3.88. The molecule has 2 N–H and O–H groups in total. The van der Waals surface area contributed by atoms with Crippen LogP contribution in [0.4, 0.5) is 0 Å². The molecule has 0 atom stereocenters. The monoisotopic (exact) mass is 326 g/mol. The number of aromatic carboxylic acids is 2. The van der Waals surface area contributed by atoms with Crippen LogP contribution in [0, 0.1) is 5.92 Å². The number of carboxylic acids is 2. The Bertz CT molecular complexity index is 657. The van der Waals surface area contributed by atoms with Gasteiger partial charge in [0.2, 0.25) is 0 Å². The van der Waals surface area contributed by atoms with Crippen molar-refractivity contribution in [2.75, 3.05) is 0 Å². The van der Waals surface area contributed by atoms with Gasteiger partial charge in [0.1, 0.15) is 6.29 Å². The Kier molecular flexibility index (Phi) is 5.84. The fourth-order valence-electron chi connectivity index (χ4n) is 2.61. The van der Waals surface area contributed by atoms with Crippen molar-refractivity contribution in [3.8, 4) is 0 Å². The normalized spacial score (nSPS) is 10.5. The molecule has 0 aliphatic carbocycles. The molecule has 0 aromatic heterocycles. The fourth-order valence-corrected chi connectivity index (χ4v) is 2.61. The second-order valence-corrected chi connectivity index (χ2v) is 5.68. The number of aldehydes is 1. The number of hydrogen-bond acceptors (Lipinski definition) is 3. The first-order valence-corrected chi connectivity index (χ1v) is 7.57. The van der Waals surface area contributed by atoms with E-state index in [9.17, 15) is 14.4 Å². The molecule has 2 aromatic rings. The molecule has 2 rings (SSSR count). The zero-order valence-electron chi connectivity index (χ0n) is 13.0. The lowest BCUT2D eigenvalue weighted by atomic mass is 9.90. The van der Waals surface area contributed by atoms with Crippen LogP contribution in [0.3, 0.4) is 0 Å². The highest BCUT2D eigenvalue weighted by Gasteiger charge is 2.12. The molecule has 0 aliphatic rings. The van der Waals surface area contributed by atoms with Crippen LogP contribution >= 0.6 is 0 Å². The Balaban J connectivity index is 2.06. The van der Waals surface area contributed by atoms with Crippen LogP contribution in [0.2, 0.25) is 0 Å². The quantitative estimate of drug-likeness (QED) is 0.727. The van der Waals surface area contributed by atoms with Crippen molar-refractivity contribution in [3.63, 3.8) is 0 Å². The topological polar surface area (TPSA) is 91.7 Å². The number of carbonyl (C=O) groups is 3. The Morgan fingerprint density at radius 2 is 1.17 bits per heavy atom. The SMILES string of the molecule is O=CCC(Cc1ccc(C(=O)O)cc1)Cc1ccc(C(=O)O)cc1. The van der Waals surface area contributed by atoms with Crippen LogP contribution in [-0.2, 0) is 17.6 Å². The summed E-state index contributed by atoms with van der Waals surface area (Å²) in [6.07, 6.45) is 2.57. The van der Waals surface area contributed by atoms with Gasteiger partial charge in [-0.3, -0.25) is 0 Å². The molecule has 0 aliphatic heterocycles. The maximum absolute atomic E-state index is 10.9. The summed E-state index contributed by atoms with van der Waals surface area (Å²) in [6, 6.07) is 13.2. The summed E-state index contributed by atoms with van der Waals surface area (Å²) in [5.74, 6) is -1.86. The molecule has 0 bridgehead atoms. The Hall–Kier alpha value is -2.95. The molecule has 5 heteroatoms. The van der Waals surface area contributed by atoms with Crippen LogP contribution in [-0.4, -0.2) is 28.4 Å². The zero-order chi connectivity index (χ0) is 17.5. The van der Waals surface area contributed by atoms with E-state index in [1.165, 1.54) is 0 Å². The summed E-state index contributed by atoms with van der Waals surface area (Å²) in [5, 5.41) is 17.8. The molecular weight excluding hydrogens is 308 g/mol. The van der Waals surface area contributed by atoms with Crippen LogP contribution in [0.15, 0.2) is 48.5 Å². The number of carbonyl (C=O) groups excluding carboxylic acids is 1. The minimum absolute atomic E-state index is 0.0776. The van der Waals surface area contributed by atoms with Crippen LogP contribution in [0.1, 0.15) is 38.3 Å². The number of rotatable bonds is 8. The zero-order valence-corrected chi connectivity index (χ0v) is 13.0. The van der Waals surface area contributed by atoms with Gasteiger partial charge in [0.05, 0.1) is 11.1 Å². The molecule has 0 saturated carbocycles. The molecule has 5 nitrogen and oxygen atoms in total. The van der Waals surface area contributed by atoms with E-state index in [2.05, 4.69) is 0 Å². The van der Waals surface area contributed by atoms with E-state index in [4.69, 9.17) is 10.2 Å². The third kappa shape index (κ3) is 4.78. The van der Waals surface area contributed by atoms with Crippen molar-refractivity contribution in [3.05, 3.63) is 70.8 Å². The van der Waals surface area contributed by atoms with Crippen molar-refractivity contribution in [2.24, 2.45) is 5.92 Å². The second-order valence-electron chi connectivity index (χ2n) is 5.68. The van der Waals surface area contributed by atoms with E-state index in [-0.39, 0.29) is 17.0 Å². The maximum atomic E-state index is 10.9. The summed E-state index contributed by atoms with van der Waals surface area (Å²) in [5.41, 5.74) is 2.40. The van der Waals surface area contributed by atoms with Crippen molar-refractivity contribution in [1.29, 1.82) is 0 Å². The van der Waals surface area contributed by atoms with E-state index < -0.39 is 11.9 Å². The predicted octanol–water partition coefficient (Wildman–Crippen LogP) is 3.07. The number of carboxylic acid groups (broad SMARTS) is 2. The highest BCUT2D eigenvalue weighted by molar-refractivity contribution is 5.88. The van der Waals surface area contributed by atoms with E-state index in [0.717, 1.165) is 17.4 Å². The van der Waals surface area contributed by atoms with E-state index >= 15 is 0 Å². The van der Waals surface area contributed by atoms with Gasteiger partial charge in [-0.2, -0.15) is 0 Å². The van der Waals surface area contributed by atoms with Crippen LogP contribution < -0.4 is 0 Å². The predicted molar refractivity (Wildman–Crippen MR) is 88.4 cm³/mol. The molecule has 0 spiro atoms. The summed E-state index contributed by atoms with van der Waals surface area (Å²) in [6.45, 7) is 0. The lowest BCUT2D eigenvalue weighted by molar-refractivity contribution is -0.108. The molecule has 0 heterocycles. The van der Waals surface area contributed by atoms with Crippen molar-refractivity contribution in [1.82, 2.24) is 0 Å². The first kappa shape index (κ1) is 17.4. The molecular formula is C19H18O5. The molecule has 2 aromatic carbocycles. The van der Waals surface area contributed by atoms with Crippen LogP contribution in [0.25, 0.3) is 0 Å². The standard InChI is InChI=1S/C19H18O5/c20-10-9-15(11-13-1-5-16(6-2-13)18(21)22)12-14-3-7-17(8-4-14)19(23)24/h1-8,10,15H,9,11-12H2,(H,21,22)(H,23,24). The number of hydrogen-bond donors (Lipinski definition) is 2. The largest absolute Gasteiger partial charge is 0.478 e. The van der Waals surface area contributed by atoms with Gasteiger partial charge >= 0.3 is 11.9 Å². The van der Waals surface area contributed by atoms with Gasteiger partial charge in [-0.25, -0.2) is 9.59 Å². The molecule has 0 fully saturated rings. The van der Waals surface area contributed by atoms with Crippen LogP contribution in [0.5, 0.6) is 0 Å². The first-order valence-electron chi connectivity index (χ1n) is 7.57. The molecule has 0 unspecified atom stereocenters. The molecule has 24 heavy (non-hydrogen) atoms. The maximum Gasteiger partial charge on any atom is 0.335 e.